The number of Topliss-reactive ketones (excluding diaryl/α,β-unsaturated/α-hetero) is 1. The lowest BCUT2D eigenvalue weighted by atomic mass is 9.86. The van der Waals surface area contributed by atoms with Crippen LogP contribution in [0.4, 0.5) is 0 Å². The Labute approximate surface area is 88.4 Å². The first-order chi connectivity index (χ1) is 6.75. The molecule has 1 unspecified atom stereocenters. The number of carbonyl (C=O) groups is 1. The minimum atomic E-state index is 0.259. The van der Waals surface area contributed by atoms with Gasteiger partial charge < -0.3 is 0 Å². The topological polar surface area (TPSA) is 30.0 Å². The normalized spacial score (nSPS) is 22.6. The van der Waals surface area contributed by atoms with Crippen LogP contribution in [0.3, 0.4) is 0 Å². The molecule has 1 atom stereocenters. The first-order valence-corrected chi connectivity index (χ1v) is 6.07. The summed E-state index contributed by atoms with van der Waals surface area (Å²) in [4.78, 5) is 16.0. The SMILES string of the molecule is Cc1csc(CC2CCCCC2=O)n1. The van der Waals surface area contributed by atoms with Crippen LogP contribution in [0, 0.1) is 12.8 Å². The van der Waals surface area contributed by atoms with Crippen LogP contribution in [0.1, 0.15) is 36.4 Å². The Balaban J connectivity index is 1.99. The van der Waals surface area contributed by atoms with Gasteiger partial charge in [0.05, 0.1) is 5.01 Å². The smallest absolute Gasteiger partial charge is 0.136 e. The molecule has 1 aliphatic carbocycles. The van der Waals surface area contributed by atoms with Crippen molar-refractivity contribution in [1.29, 1.82) is 0 Å². The summed E-state index contributed by atoms with van der Waals surface area (Å²) in [6.07, 6.45) is 5.02. The van der Waals surface area contributed by atoms with Gasteiger partial charge in [-0.2, -0.15) is 0 Å². The van der Waals surface area contributed by atoms with Crippen molar-refractivity contribution in [2.75, 3.05) is 0 Å². The number of rotatable bonds is 2. The van der Waals surface area contributed by atoms with Crippen molar-refractivity contribution < 1.29 is 4.79 Å². The monoisotopic (exact) mass is 209 g/mol. The number of aromatic nitrogens is 1. The predicted octanol–water partition coefficient (Wildman–Crippen LogP) is 2.75. The van der Waals surface area contributed by atoms with E-state index in [-0.39, 0.29) is 5.92 Å². The molecule has 1 aliphatic rings. The maximum atomic E-state index is 11.6. The van der Waals surface area contributed by atoms with Crippen molar-refractivity contribution in [2.45, 2.75) is 39.0 Å². The van der Waals surface area contributed by atoms with Crippen LogP contribution < -0.4 is 0 Å². The second-order valence-corrected chi connectivity index (χ2v) is 4.94. The molecule has 1 heterocycles. The molecule has 1 aromatic heterocycles. The van der Waals surface area contributed by atoms with E-state index in [1.165, 1.54) is 6.42 Å². The molecule has 76 valence electrons. The third kappa shape index (κ3) is 2.21. The summed E-state index contributed by atoms with van der Waals surface area (Å²) in [5, 5.41) is 3.19. The van der Waals surface area contributed by atoms with Gasteiger partial charge in [-0.1, -0.05) is 6.42 Å². The van der Waals surface area contributed by atoms with Gasteiger partial charge in [0.1, 0.15) is 5.78 Å². The molecule has 0 spiro atoms. The number of ketones is 1. The highest BCUT2D eigenvalue weighted by Crippen LogP contribution is 2.25. The first kappa shape index (κ1) is 9.84. The van der Waals surface area contributed by atoms with Crippen molar-refractivity contribution in [2.24, 2.45) is 5.92 Å². The quantitative estimate of drug-likeness (QED) is 0.749. The fourth-order valence-corrected chi connectivity index (χ4v) is 2.83. The Morgan fingerprint density at radius 1 is 1.57 bits per heavy atom. The molecular formula is C11H15NOS. The molecule has 0 aliphatic heterocycles. The molecule has 2 rings (SSSR count). The van der Waals surface area contributed by atoms with Crippen molar-refractivity contribution in [1.82, 2.24) is 4.98 Å². The summed E-state index contributed by atoms with van der Waals surface area (Å²) < 4.78 is 0. The van der Waals surface area contributed by atoms with Gasteiger partial charge in [-0.15, -0.1) is 11.3 Å². The highest BCUT2D eigenvalue weighted by molar-refractivity contribution is 7.09. The van der Waals surface area contributed by atoms with Crippen LogP contribution in [0.25, 0.3) is 0 Å². The first-order valence-electron chi connectivity index (χ1n) is 5.19. The van der Waals surface area contributed by atoms with Gasteiger partial charge in [0.2, 0.25) is 0 Å². The fourth-order valence-electron chi connectivity index (χ4n) is 1.98. The third-order valence-corrected chi connectivity index (χ3v) is 3.76. The van der Waals surface area contributed by atoms with Gasteiger partial charge in [0, 0.05) is 29.8 Å². The molecule has 0 amide bonds. The minimum absolute atomic E-state index is 0.259. The largest absolute Gasteiger partial charge is 0.299 e. The zero-order chi connectivity index (χ0) is 9.97. The maximum Gasteiger partial charge on any atom is 0.136 e. The zero-order valence-electron chi connectivity index (χ0n) is 8.45. The average molecular weight is 209 g/mol. The molecule has 1 saturated carbocycles. The molecule has 0 radical (unpaired) electrons. The number of aryl methyl sites for hydroxylation is 1. The van der Waals surface area contributed by atoms with E-state index in [2.05, 4.69) is 10.4 Å². The van der Waals surface area contributed by atoms with Crippen molar-refractivity contribution >= 4 is 17.1 Å². The highest BCUT2D eigenvalue weighted by atomic mass is 32.1. The molecule has 14 heavy (non-hydrogen) atoms. The van der Waals surface area contributed by atoms with Gasteiger partial charge in [-0.3, -0.25) is 4.79 Å². The Kier molecular flexibility index (Phi) is 2.96. The van der Waals surface area contributed by atoms with E-state index in [1.54, 1.807) is 11.3 Å². The predicted molar refractivity (Wildman–Crippen MR) is 57.5 cm³/mol. The van der Waals surface area contributed by atoms with Crippen LogP contribution in [0.5, 0.6) is 0 Å². The number of hydrogen-bond acceptors (Lipinski definition) is 3. The van der Waals surface area contributed by atoms with E-state index in [4.69, 9.17) is 0 Å². The molecular weight excluding hydrogens is 194 g/mol. The van der Waals surface area contributed by atoms with Crippen LogP contribution in [0.2, 0.25) is 0 Å². The second-order valence-electron chi connectivity index (χ2n) is 4.00. The van der Waals surface area contributed by atoms with Gasteiger partial charge in [-0.25, -0.2) is 4.98 Å². The van der Waals surface area contributed by atoms with Crippen LogP contribution >= 0.6 is 11.3 Å². The Morgan fingerprint density at radius 3 is 3.07 bits per heavy atom. The summed E-state index contributed by atoms with van der Waals surface area (Å²) in [7, 11) is 0. The number of carbonyl (C=O) groups excluding carboxylic acids is 1. The molecule has 0 saturated heterocycles. The van der Waals surface area contributed by atoms with E-state index >= 15 is 0 Å². The van der Waals surface area contributed by atoms with Crippen LogP contribution in [-0.2, 0) is 11.2 Å². The van der Waals surface area contributed by atoms with Crippen molar-refractivity contribution in [3.8, 4) is 0 Å². The van der Waals surface area contributed by atoms with Gasteiger partial charge in [-0.05, 0) is 19.8 Å². The minimum Gasteiger partial charge on any atom is -0.299 e. The lowest BCUT2D eigenvalue weighted by Gasteiger charge is -2.18. The number of hydrogen-bond donors (Lipinski definition) is 0. The van der Waals surface area contributed by atoms with Gasteiger partial charge in [0.25, 0.3) is 0 Å². The highest BCUT2D eigenvalue weighted by Gasteiger charge is 2.23. The van der Waals surface area contributed by atoms with E-state index in [1.807, 2.05) is 6.92 Å². The summed E-state index contributed by atoms with van der Waals surface area (Å²) in [6.45, 7) is 2.00. The number of nitrogens with zero attached hydrogens (tertiary/aromatic N) is 1. The molecule has 2 nitrogen and oxygen atoms in total. The average Bonchev–Trinajstić information content (AvgIpc) is 2.56. The lowest BCUT2D eigenvalue weighted by molar-refractivity contribution is -0.124. The summed E-state index contributed by atoms with van der Waals surface area (Å²) >= 11 is 1.68. The summed E-state index contributed by atoms with van der Waals surface area (Å²) in [5.41, 5.74) is 1.08. The van der Waals surface area contributed by atoms with Crippen LogP contribution in [0.15, 0.2) is 5.38 Å². The standard InChI is InChI=1S/C11H15NOS/c1-8-7-14-11(12-8)6-9-4-2-3-5-10(9)13/h7,9H,2-6H2,1H3. The van der Waals surface area contributed by atoms with E-state index in [9.17, 15) is 4.79 Å². The molecule has 1 fully saturated rings. The second kappa shape index (κ2) is 4.22. The summed E-state index contributed by atoms with van der Waals surface area (Å²) in [6, 6.07) is 0. The Hall–Kier alpha value is -0.700. The number of thiazole rings is 1. The van der Waals surface area contributed by atoms with E-state index < -0.39 is 0 Å². The maximum absolute atomic E-state index is 11.6. The molecule has 0 N–H and O–H groups in total. The summed E-state index contributed by atoms with van der Waals surface area (Å²) in [5.74, 6) is 0.707. The van der Waals surface area contributed by atoms with Gasteiger partial charge >= 0.3 is 0 Å². The van der Waals surface area contributed by atoms with E-state index in [0.29, 0.717) is 5.78 Å². The van der Waals surface area contributed by atoms with E-state index in [0.717, 1.165) is 36.4 Å². The molecule has 0 bridgehead atoms. The Morgan fingerprint density at radius 2 is 2.43 bits per heavy atom. The molecule has 0 aromatic carbocycles. The zero-order valence-corrected chi connectivity index (χ0v) is 9.27. The van der Waals surface area contributed by atoms with Gasteiger partial charge in [0.15, 0.2) is 0 Å². The fraction of sp³-hybridized carbons (Fsp3) is 0.636. The van der Waals surface area contributed by atoms with Crippen molar-refractivity contribution in [3.05, 3.63) is 16.1 Å². The lowest BCUT2D eigenvalue weighted by Crippen LogP contribution is -2.20. The third-order valence-electron chi connectivity index (χ3n) is 2.77. The molecule has 1 aromatic rings. The van der Waals surface area contributed by atoms with Crippen LogP contribution in [-0.4, -0.2) is 10.8 Å². The molecule has 3 heteroatoms. The Bertz CT molecular complexity index is 332. The van der Waals surface area contributed by atoms with Crippen molar-refractivity contribution in [3.63, 3.8) is 0 Å².